The maximum absolute atomic E-state index is 12.1. The van der Waals surface area contributed by atoms with Crippen molar-refractivity contribution in [2.45, 2.75) is 6.54 Å². The first kappa shape index (κ1) is 22.1. The van der Waals surface area contributed by atoms with Gasteiger partial charge >= 0.3 is 6.03 Å². The van der Waals surface area contributed by atoms with Crippen LogP contribution in [0.5, 0.6) is 11.5 Å². The highest BCUT2D eigenvalue weighted by molar-refractivity contribution is 6.30. The van der Waals surface area contributed by atoms with Crippen molar-refractivity contribution in [2.24, 2.45) is 0 Å². The van der Waals surface area contributed by atoms with Gasteiger partial charge in [0.05, 0.1) is 14.2 Å². The van der Waals surface area contributed by atoms with E-state index < -0.39 is 0 Å². The average molecular weight is 433 g/mol. The molecule has 0 atom stereocenters. The molecule has 2 aromatic rings. The van der Waals surface area contributed by atoms with Crippen LogP contribution in [-0.2, 0) is 6.54 Å². The van der Waals surface area contributed by atoms with Gasteiger partial charge in [0.25, 0.3) is 0 Å². The van der Waals surface area contributed by atoms with E-state index in [1.165, 1.54) is 5.69 Å². The van der Waals surface area contributed by atoms with Crippen LogP contribution in [0.2, 0.25) is 5.02 Å². The number of carbonyl (C=O) groups is 1. The molecule has 0 radical (unpaired) electrons. The van der Waals surface area contributed by atoms with E-state index in [0.29, 0.717) is 24.6 Å². The minimum Gasteiger partial charge on any atom is -0.493 e. The first-order valence-corrected chi connectivity index (χ1v) is 10.4. The van der Waals surface area contributed by atoms with Gasteiger partial charge in [0.2, 0.25) is 0 Å². The summed E-state index contributed by atoms with van der Waals surface area (Å²) in [5.74, 6) is 1.32. The van der Waals surface area contributed by atoms with Crippen molar-refractivity contribution in [2.75, 3.05) is 58.4 Å². The van der Waals surface area contributed by atoms with E-state index in [1.54, 1.807) is 14.2 Å². The van der Waals surface area contributed by atoms with Gasteiger partial charge in [0.15, 0.2) is 11.5 Å². The molecule has 7 nitrogen and oxygen atoms in total. The molecule has 162 valence electrons. The summed E-state index contributed by atoms with van der Waals surface area (Å²) in [6.45, 7) is 5.73. The van der Waals surface area contributed by atoms with Gasteiger partial charge < -0.3 is 25.0 Å². The van der Waals surface area contributed by atoms with Gasteiger partial charge in [-0.15, -0.1) is 0 Å². The van der Waals surface area contributed by atoms with Crippen molar-refractivity contribution in [3.63, 3.8) is 0 Å². The molecule has 3 rings (SSSR count). The summed E-state index contributed by atoms with van der Waals surface area (Å²) in [5.41, 5.74) is 2.15. The number of hydrogen-bond donors (Lipinski definition) is 2. The smallest absolute Gasteiger partial charge is 0.315 e. The highest BCUT2D eigenvalue weighted by Crippen LogP contribution is 2.27. The van der Waals surface area contributed by atoms with E-state index in [9.17, 15) is 4.79 Å². The SMILES string of the molecule is COc1ccc(CNC(=O)NCCN2CCN(c3ccc(Cl)cc3)CC2)cc1OC. The lowest BCUT2D eigenvalue weighted by Crippen LogP contribution is -2.49. The Balaban J connectivity index is 1.34. The zero-order chi connectivity index (χ0) is 21.3. The van der Waals surface area contributed by atoms with Gasteiger partial charge in [-0.05, 0) is 42.0 Å². The number of amides is 2. The molecule has 0 bridgehead atoms. The fraction of sp³-hybridized carbons (Fsp3) is 0.409. The fourth-order valence-corrected chi connectivity index (χ4v) is 3.57. The van der Waals surface area contributed by atoms with E-state index in [0.717, 1.165) is 43.3 Å². The lowest BCUT2D eigenvalue weighted by atomic mass is 10.2. The molecule has 1 saturated heterocycles. The highest BCUT2D eigenvalue weighted by Gasteiger charge is 2.17. The third kappa shape index (κ3) is 6.18. The van der Waals surface area contributed by atoms with Crippen LogP contribution in [0.15, 0.2) is 42.5 Å². The second-order valence-corrected chi connectivity index (χ2v) is 7.54. The topological polar surface area (TPSA) is 66.1 Å². The quantitative estimate of drug-likeness (QED) is 0.671. The first-order valence-electron chi connectivity index (χ1n) is 10.0. The van der Waals surface area contributed by atoms with Gasteiger partial charge in [0, 0.05) is 56.5 Å². The number of benzene rings is 2. The van der Waals surface area contributed by atoms with Crippen molar-refractivity contribution in [1.82, 2.24) is 15.5 Å². The van der Waals surface area contributed by atoms with Gasteiger partial charge in [0.1, 0.15) is 0 Å². The second kappa shape index (κ2) is 10.9. The summed E-state index contributed by atoms with van der Waals surface area (Å²) < 4.78 is 10.5. The Bertz CT molecular complexity index is 824. The van der Waals surface area contributed by atoms with Crippen molar-refractivity contribution in [1.29, 1.82) is 0 Å². The van der Waals surface area contributed by atoms with Crippen LogP contribution >= 0.6 is 11.6 Å². The lowest BCUT2D eigenvalue weighted by Gasteiger charge is -2.36. The standard InChI is InChI=1S/C22H29ClN4O3/c1-29-20-8-3-17(15-21(20)30-2)16-25-22(28)24-9-10-26-11-13-27(14-12-26)19-6-4-18(23)5-7-19/h3-8,15H,9-14,16H2,1-2H3,(H2,24,25,28). The van der Waals surface area contributed by atoms with Gasteiger partial charge in [-0.3, -0.25) is 4.90 Å². The summed E-state index contributed by atoms with van der Waals surface area (Å²) in [4.78, 5) is 16.8. The third-order valence-electron chi connectivity index (χ3n) is 5.18. The van der Waals surface area contributed by atoms with Crippen molar-refractivity contribution in [3.8, 4) is 11.5 Å². The number of carbonyl (C=O) groups excluding carboxylic acids is 1. The molecule has 30 heavy (non-hydrogen) atoms. The number of nitrogens with one attached hydrogen (secondary N) is 2. The molecular formula is C22H29ClN4O3. The number of halogens is 1. The largest absolute Gasteiger partial charge is 0.493 e. The number of rotatable bonds is 8. The zero-order valence-corrected chi connectivity index (χ0v) is 18.2. The summed E-state index contributed by atoms with van der Waals surface area (Å²) in [6, 6.07) is 13.4. The number of methoxy groups -OCH3 is 2. The van der Waals surface area contributed by atoms with Crippen LogP contribution in [0.4, 0.5) is 10.5 Å². The van der Waals surface area contributed by atoms with E-state index in [2.05, 4.69) is 32.6 Å². The minimum atomic E-state index is -0.176. The zero-order valence-electron chi connectivity index (χ0n) is 17.5. The number of nitrogens with zero attached hydrogens (tertiary/aromatic N) is 2. The predicted molar refractivity (Wildman–Crippen MR) is 120 cm³/mol. The van der Waals surface area contributed by atoms with Gasteiger partial charge in [-0.1, -0.05) is 17.7 Å². The van der Waals surface area contributed by atoms with Gasteiger partial charge in [-0.25, -0.2) is 4.79 Å². The highest BCUT2D eigenvalue weighted by atomic mass is 35.5. The third-order valence-corrected chi connectivity index (χ3v) is 5.43. The molecule has 1 heterocycles. The number of piperazine rings is 1. The van der Waals surface area contributed by atoms with Crippen LogP contribution in [0.25, 0.3) is 0 Å². The van der Waals surface area contributed by atoms with E-state index in [-0.39, 0.29) is 6.03 Å². The molecule has 2 amide bonds. The van der Waals surface area contributed by atoms with Gasteiger partial charge in [-0.2, -0.15) is 0 Å². The van der Waals surface area contributed by atoms with Crippen LogP contribution < -0.4 is 25.0 Å². The number of urea groups is 1. The molecular weight excluding hydrogens is 404 g/mol. The summed E-state index contributed by atoms with van der Waals surface area (Å²) >= 11 is 5.96. The first-order chi connectivity index (χ1) is 14.6. The summed E-state index contributed by atoms with van der Waals surface area (Å²) in [5, 5.41) is 6.56. The Morgan fingerprint density at radius 3 is 2.33 bits per heavy atom. The maximum Gasteiger partial charge on any atom is 0.315 e. The molecule has 0 aliphatic carbocycles. The Labute approximate surface area is 182 Å². The summed E-state index contributed by atoms with van der Waals surface area (Å²) in [7, 11) is 3.19. The Kier molecular flexibility index (Phi) is 8.04. The van der Waals surface area contributed by atoms with Crippen molar-refractivity contribution >= 4 is 23.3 Å². The Morgan fingerprint density at radius 2 is 1.67 bits per heavy atom. The summed E-state index contributed by atoms with van der Waals surface area (Å²) in [6.07, 6.45) is 0. The van der Waals surface area contributed by atoms with Crippen molar-refractivity contribution < 1.29 is 14.3 Å². The van der Waals surface area contributed by atoms with Crippen LogP contribution in [0.1, 0.15) is 5.56 Å². The maximum atomic E-state index is 12.1. The molecule has 0 saturated carbocycles. The minimum absolute atomic E-state index is 0.176. The molecule has 0 unspecified atom stereocenters. The molecule has 0 aromatic heterocycles. The van der Waals surface area contributed by atoms with E-state index in [4.69, 9.17) is 21.1 Å². The van der Waals surface area contributed by atoms with Crippen LogP contribution in [0.3, 0.4) is 0 Å². The average Bonchev–Trinajstić information content (AvgIpc) is 2.78. The number of hydrogen-bond acceptors (Lipinski definition) is 5. The lowest BCUT2D eigenvalue weighted by molar-refractivity contribution is 0.231. The Hall–Kier alpha value is -2.64. The molecule has 1 fully saturated rings. The fourth-order valence-electron chi connectivity index (χ4n) is 3.44. The normalized spacial score (nSPS) is 14.3. The predicted octanol–water partition coefficient (Wildman–Crippen LogP) is 2.98. The monoisotopic (exact) mass is 432 g/mol. The molecule has 1 aliphatic heterocycles. The molecule has 1 aliphatic rings. The van der Waals surface area contributed by atoms with E-state index >= 15 is 0 Å². The Morgan fingerprint density at radius 1 is 0.967 bits per heavy atom. The number of ether oxygens (including phenoxy) is 2. The molecule has 8 heteroatoms. The van der Waals surface area contributed by atoms with Crippen LogP contribution in [0, 0.1) is 0 Å². The van der Waals surface area contributed by atoms with E-state index in [1.807, 2.05) is 30.3 Å². The van der Waals surface area contributed by atoms with Crippen LogP contribution in [-0.4, -0.2) is 64.4 Å². The second-order valence-electron chi connectivity index (χ2n) is 7.10. The molecule has 2 N–H and O–H groups in total. The number of anilines is 1. The molecule has 2 aromatic carbocycles. The molecule has 0 spiro atoms. The van der Waals surface area contributed by atoms with Crippen molar-refractivity contribution in [3.05, 3.63) is 53.1 Å².